The first-order valence-electron chi connectivity index (χ1n) is 9.57. The molecule has 0 bridgehead atoms. The molecule has 4 amide bonds. The summed E-state index contributed by atoms with van der Waals surface area (Å²) in [5, 5.41) is 0. The molecule has 0 aliphatic carbocycles. The van der Waals surface area contributed by atoms with Crippen LogP contribution in [0.1, 0.15) is 12.5 Å². The van der Waals surface area contributed by atoms with Gasteiger partial charge in [-0.05, 0) is 24.6 Å². The van der Waals surface area contributed by atoms with Gasteiger partial charge < -0.3 is 19.3 Å². The molecule has 3 aliphatic rings. The summed E-state index contributed by atoms with van der Waals surface area (Å²) < 4.78 is 10.7. The highest BCUT2D eigenvalue weighted by molar-refractivity contribution is 6.38. The maximum absolute atomic E-state index is 12.7. The van der Waals surface area contributed by atoms with Crippen LogP contribution in [-0.2, 0) is 16.1 Å². The van der Waals surface area contributed by atoms with Crippen LogP contribution in [-0.4, -0.2) is 90.1 Å². The third kappa shape index (κ3) is 3.49. The van der Waals surface area contributed by atoms with Gasteiger partial charge in [-0.1, -0.05) is 6.07 Å². The zero-order valence-corrected chi connectivity index (χ0v) is 15.9. The first-order valence-corrected chi connectivity index (χ1v) is 9.57. The van der Waals surface area contributed by atoms with Crippen molar-refractivity contribution in [2.45, 2.75) is 13.5 Å². The number of hydrogen-bond acceptors (Lipinski definition) is 6. The minimum atomic E-state index is -0.721. The number of hydrogen-bond donors (Lipinski definition) is 0. The van der Waals surface area contributed by atoms with Gasteiger partial charge in [-0.15, -0.1) is 0 Å². The molecular formula is C19H24N4O5. The molecule has 0 atom stereocenters. The highest BCUT2D eigenvalue weighted by Crippen LogP contribution is 2.32. The predicted molar refractivity (Wildman–Crippen MR) is 98.8 cm³/mol. The van der Waals surface area contributed by atoms with Crippen molar-refractivity contribution in [3.05, 3.63) is 23.8 Å². The molecule has 0 spiro atoms. The molecule has 2 fully saturated rings. The molecule has 3 heterocycles. The molecule has 150 valence electrons. The number of piperazine rings is 2. The van der Waals surface area contributed by atoms with E-state index in [1.165, 1.54) is 4.90 Å². The van der Waals surface area contributed by atoms with Gasteiger partial charge in [0.05, 0.1) is 0 Å². The Balaban J connectivity index is 1.31. The van der Waals surface area contributed by atoms with Crippen LogP contribution in [0.3, 0.4) is 0 Å². The lowest BCUT2D eigenvalue weighted by Crippen LogP contribution is -2.60. The summed E-state index contributed by atoms with van der Waals surface area (Å²) in [7, 11) is 0. The second-order valence-corrected chi connectivity index (χ2v) is 7.07. The van der Waals surface area contributed by atoms with Gasteiger partial charge >= 0.3 is 17.8 Å². The Labute approximate surface area is 163 Å². The van der Waals surface area contributed by atoms with Crippen molar-refractivity contribution in [3.63, 3.8) is 0 Å². The second-order valence-electron chi connectivity index (χ2n) is 7.07. The summed E-state index contributed by atoms with van der Waals surface area (Å²) in [5.74, 6) is 0.215. The minimum absolute atomic E-state index is 0.257. The second kappa shape index (κ2) is 7.67. The van der Waals surface area contributed by atoms with E-state index in [4.69, 9.17) is 9.47 Å². The van der Waals surface area contributed by atoms with E-state index in [0.717, 1.165) is 28.5 Å². The lowest BCUT2D eigenvalue weighted by Gasteiger charge is -2.39. The Morgan fingerprint density at radius 1 is 0.964 bits per heavy atom. The Kier molecular flexibility index (Phi) is 5.08. The average molecular weight is 388 g/mol. The van der Waals surface area contributed by atoms with E-state index in [2.05, 4.69) is 4.90 Å². The van der Waals surface area contributed by atoms with E-state index in [1.807, 2.05) is 25.1 Å². The van der Waals surface area contributed by atoms with Gasteiger partial charge in [0.1, 0.15) is 0 Å². The van der Waals surface area contributed by atoms with Crippen molar-refractivity contribution in [2.75, 3.05) is 52.6 Å². The Morgan fingerprint density at radius 3 is 2.46 bits per heavy atom. The quantitative estimate of drug-likeness (QED) is 0.695. The first-order chi connectivity index (χ1) is 13.6. The molecule has 1 aromatic carbocycles. The van der Waals surface area contributed by atoms with Gasteiger partial charge in [-0.3, -0.25) is 19.4 Å². The average Bonchev–Trinajstić information content (AvgIpc) is 3.18. The fraction of sp³-hybridized carbons (Fsp3) is 0.526. The van der Waals surface area contributed by atoms with Crippen LogP contribution >= 0.6 is 0 Å². The van der Waals surface area contributed by atoms with Crippen molar-refractivity contribution < 1.29 is 23.9 Å². The van der Waals surface area contributed by atoms with Crippen LogP contribution in [0, 0.1) is 0 Å². The standard InChI is InChI=1S/C19H24N4O5/c1-2-21-9-10-23(18(25)17(21)24)19(26)22-7-5-20(6-8-22)12-14-3-4-15-16(11-14)28-13-27-15/h3-4,11H,2,5-10,12-13H2,1H3. The summed E-state index contributed by atoms with van der Waals surface area (Å²) in [6.45, 7) is 6.43. The van der Waals surface area contributed by atoms with E-state index in [9.17, 15) is 14.4 Å². The summed E-state index contributed by atoms with van der Waals surface area (Å²) >= 11 is 0. The number of benzene rings is 1. The van der Waals surface area contributed by atoms with E-state index < -0.39 is 11.8 Å². The lowest BCUT2D eigenvalue weighted by atomic mass is 10.1. The first kappa shape index (κ1) is 18.5. The molecule has 9 nitrogen and oxygen atoms in total. The smallest absolute Gasteiger partial charge is 0.327 e. The third-order valence-electron chi connectivity index (χ3n) is 5.41. The molecule has 0 unspecified atom stereocenters. The van der Waals surface area contributed by atoms with Crippen LogP contribution in [0.4, 0.5) is 4.79 Å². The number of rotatable bonds is 3. The maximum Gasteiger partial charge on any atom is 0.327 e. The summed E-state index contributed by atoms with van der Waals surface area (Å²) in [6.07, 6.45) is 0. The number of nitrogens with zero attached hydrogens (tertiary/aromatic N) is 4. The Morgan fingerprint density at radius 2 is 1.71 bits per heavy atom. The Bertz CT molecular complexity index is 791. The molecule has 9 heteroatoms. The molecule has 0 N–H and O–H groups in total. The maximum atomic E-state index is 12.7. The van der Waals surface area contributed by atoms with Crippen LogP contribution in [0.5, 0.6) is 11.5 Å². The number of carbonyl (C=O) groups excluding carboxylic acids is 3. The van der Waals surface area contributed by atoms with E-state index in [0.29, 0.717) is 39.3 Å². The van der Waals surface area contributed by atoms with Crippen LogP contribution in [0.15, 0.2) is 18.2 Å². The normalized spacial score (nSPS) is 20.1. The van der Waals surface area contributed by atoms with Crippen LogP contribution in [0.2, 0.25) is 0 Å². The van der Waals surface area contributed by atoms with Crippen molar-refractivity contribution >= 4 is 17.8 Å². The van der Waals surface area contributed by atoms with Gasteiger partial charge in [0.15, 0.2) is 11.5 Å². The summed E-state index contributed by atoms with van der Waals surface area (Å²) in [5.41, 5.74) is 1.13. The zero-order chi connectivity index (χ0) is 19.7. The number of imide groups is 1. The highest BCUT2D eigenvalue weighted by atomic mass is 16.7. The predicted octanol–water partition coefficient (Wildman–Crippen LogP) is 0.344. The Hall–Kier alpha value is -2.81. The third-order valence-corrected chi connectivity index (χ3v) is 5.41. The summed E-state index contributed by atoms with van der Waals surface area (Å²) in [4.78, 5) is 43.4. The number of ether oxygens (including phenoxy) is 2. The van der Waals surface area contributed by atoms with Crippen molar-refractivity contribution in [2.24, 2.45) is 0 Å². The largest absolute Gasteiger partial charge is 0.454 e. The molecule has 0 radical (unpaired) electrons. The molecule has 4 rings (SSSR count). The molecule has 3 aliphatic heterocycles. The number of amides is 4. The molecule has 0 aromatic heterocycles. The van der Waals surface area contributed by atoms with Crippen LogP contribution < -0.4 is 9.47 Å². The minimum Gasteiger partial charge on any atom is -0.454 e. The molecular weight excluding hydrogens is 364 g/mol. The van der Waals surface area contributed by atoms with Gasteiger partial charge in [0.25, 0.3) is 0 Å². The monoisotopic (exact) mass is 388 g/mol. The zero-order valence-electron chi connectivity index (χ0n) is 15.9. The highest BCUT2D eigenvalue weighted by Gasteiger charge is 2.38. The van der Waals surface area contributed by atoms with Crippen molar-refractivity contribution in [1.82, 2.24) is 19.6 Å². The van der Waals surface area contributed by atoms with E-state index in [-0.39, 0.29) is 19.4 Å². The molecule has 0 saturated carbocycles. The van der Waals surface area contributed by atoms with Crippen molar-refractivity contribution in [3.8, 4) is 11.5 Å². The number of likely N-dealkylation sites (N-methyl/N-ethyl adjacent to an activating group) is 1. The number of carbonyl (C=O) groups is 3. The van der Waals surface area contributed by atoms with Gasteiger partial charge in [0.2, 0.25) is 6.79 Å². The van der Waals surface area contributed by atoms with Gasteiger partial charge in [-0.25, -0.2) is 4.79 Å². The van der Waals surface area contributed by atoms with E-state index >= 15 is 0 Å². The van der Waals surface area contributed by atoms with Gasteiger partial charge in [-0.2, -0.15) is 0 Å². The molecule has 1 aromatic rings. The fourth-order valence-corrected chi connectivity index (χ4v) is 3.72. The molecule has 2 saturated heterocycles. The van der Waals surface area contributed by atoms with Gasteiger partial charge in [0, 0.05) is 52.4 Å². The number of urea groups is 1. The SMILES string of the molecule is CCN1CCN(C(=O)N2CCN(Cc3ccc4c(c3)OCO4)CC2)C(=O)C1=O. The fourth-order valence-electron chi connectivity index (χ4n) is 3.72. The summed E-state index contributed by atoms with van der Waals surface area (Å²) in [6, 6.07) is 5.55. The number of fused-ring (bicyclic) bond motifs is 1. The van der Waals surface area contributed by atoms with Crippen molar-refractivity contribution in [1.29, 1.82) is 0 Å². The lowest BCUT2D eigenvalue weighted by molar-refractivity contribution is -0.154. The van der Waals surface area contributed by atoms with E-state index in [1.54, 1.807) is 4.90 Å². The van der Waals surface area contributed by atoms with Crippen LogP contribution in [0.25, 0.3) is 0 Å². The molecule has 28 heavy (non-hydrogen) atoms. The topological polar surface area (TPSA) is 82.6 Å².